The Balaban J connectivity index is 1.78. The molecule has 0 saturated heterocycles. The van der Waals surface area contributed by atoms with Gasteiger partial charge in [-0.1, -0.05) is 78.4 Å². The lowest BCUT2D eigenvalue weighted by atomic mass is 10.0. The molecule has 5 rings (SSSR count). The van der Waals surface area contributed by atoms with Gasteiger partial charge in [-0.2, -0.15) is 0 Å². The fourth-order valence-corrected chi connectivity index (χ4v) is 4.17. The van der Waals surface area contributed by atoms with E-state index in [2.05, 4.69) is 18.2 Å². The summed E-state index contributed by atoms with van der Waals surface area (Å²) in [6, 6.07) is 39.0. The average Bonchev–Trinajstić information content (AvgIpc) is 2.94. The summed E-state index contributed by atoms with van der Waals surface area (Å²) in [6.45, 7) is 2.03. The molecule has 0 N–H and O–H groups in total. The van der Waals surface area contributed by atoms with Crippen LogP contribution in [0.2, 0.25) is 0 Å². The Morgan fingerprint density at radius 2 is 1.39 bits per heavy atom. The molecule has 0 saturated carbocycles. The van der Waals surface area contributed by atoms with E-state index in [1.54, 1.807) is 12.0 Å². The molecule has 4 heteroatoms. The summed E-state index contributed by atoms with van der Waals surface area (Å²) in [5, 5.41) is 2.10. The van der Waals surface area contributed by atoms with Gasteiger partial charge in [0.15, 0.2) is 0 Å². The van der Waals surface area contributed by atoms with Crippen molar-refractivity contribution in [2.24, 2.45) is 4.99 Å². The highest BCUT2D eigenvalue weighted by atomic mass is 16.5. The first kappa shape index (κ1) is 23.1. The molecule has 0 spiro atoms. The van der Waals surface area contributed by atoms with Crippen molar-refractivity contribution in [1.82, 2.24) is 0 Å². The molecule has 0 heterocycles. The summed E-state index contributed by atoms with van der Waals surface area (Å²) < 4.78 is 5.33. The molecule has 0 aromatic heterocycles. The lowest BCUT2D eigenvalue weighted by Gasteiger charge is -2.26. The first-order valence-electron chi connectivity index (χ1n) is 11.8. The molecule has 0 aliphatic carbocycles. The molecular weight excluding hydrogens is 444 g/mol. The quantitative estimate of drug-likeness (QED) is 0.196. The van der Waals surface area contributed by atoms with Crippen LogP contribution >= 0.6 is 0 Å². The number of rotatable bonds is 5. The van der Waals surface area contributed by atoms with E-state index in [1.807, 2.05) is 110 Å². The van der Waals surface area contributed by atoms with Gasteiger partial charge in [0.2, 0.25) is 0 Å². The lowest BCUT2D eigenvalue weighted by molar-refractivity contribution is 0.100. The molecule has 0 unspecified atom stereocenters. The lowest BCUT2D eigenvalue weighted by Crippen LogP contribution is -2.37. The maximum absolute atomic E-state index is 14.1. The number of amides is 1. The summed E-state index contributed by atoms with van der Waals surface area (Å²) >= 11 is 0. The van der Waals surface area contributed by atoms with Gasteiger partial charge >= 0.3 is 0 Å². The second-order valence-electron chi connectivity index (χ2n) is 8.50. The molecule has 0 bridgehead atoms. The van der Waals surface area contributed by atoms with Crippen molar-refractivity contribution in [3.05, 3.63) is 138 Å². The SMILES string of the molecule is COc1ccc(N=C(c2cccc3ccccc23)N(C(=O)c2ccccc2)c2ccc(C)cc2)cc1. The number of ether oxygens (including phenoxy) is 1. The van der Waals surface area contributed by atoms with Crippen LogP contribution in [0.3, 0.4) is 0 Å². The standard InChI is InChI=1S/C32H26N2O2/c1-23-15-19-27(20-16-23)34(32(35)25-10-4-3-5-11-25)31(33-26-17-21-28(36-2)22-18-26)30-14-8-12-24-9-6-7-13-29(24)30/h3-22H,1-2H3. The highest BCUT2D eigenvalue weighted by Crippen LogP contribution is 2.28. The zero-order valence-corrected chi connectivity index (χ0v) is 20.3. The summed E-state index contributed by atoms with van der Waals surface area (Å²) in [6.07, 6.45) is 0. The second-order valence-corrected chi connectivity index (χ2v) is 8.50. The van der Waals surface area contributed by atoms with Crippen LogP contribution in [0.1, 0.15) is 21.5 Å². The minimum Gasteiger partial charge on any atom is -0.497 e. The number of fused-ring (bicyclic) bond motifs is 1. The van der Waals surface area contributed by atoms with Gasteiger partial charge in [0.25, 0.3) is 5.91 Å². The predicted molar refractivity (Wildman–Crippen MR) is 148 cm³/mol. The van der Waals surface area contributed by atoms with Crippen molar-refractivity contribution >= 4 is 33.9 Å². The molecule has 5 aromatic rings. The Bertz CT molecular complexity index is 1520. The fourth-order valence-electron chi connectivity index (χ4n) is 4.17. The Morgan fingerprint density at radius 3 is 2.11 bits per heavy atom. The molecule has 36 heavy (non-hydrogen) atoms. The maximum atomic E-state index is 14.1. The van der Waals surface area contributed by atoms with Crippen molar-refractivity contribution in [3.63, 3.8) is 0 Å². The molecule has 0 radical (unpaired) electrons. The van der Waals surface area contributed by atoms with Crippen LogP contribution in [-0.2, 0) is 0 Å². The number of carbonyl (C=O) groups excluding carboxylic acids is 1. The number of benzene rings is 5. The smallest absolute Gasteiger partial charge is 0.264 e. The minimum absolute atomic E-state index is 0.153. The minimum atomic E-state index is -0.153. The Labute approximate surface area is 211 Å². The summed E-state index contributed by atoms with van der Waals surface area (Å²) in [5.74, 6) is 1.14. The number of anilines is 1. The number of amidine groups is 1. The van der Waals surface area contributed by atoms with Crippen LogP contribution in [0.15, 0.2) is 126 Å². The van der Waals surface area contributed by atoms with Crippen LogP contribution in [0, 0.1) is 6.92 Å². The van der Waals surface area contributed by atoms with E-state index in [-0.39, 0.29) is 5.91 Å². The molecular formula is C32H26N2O2. The van der Waals surface area contributed by atoms with Crippen molar-refractivity contribution in [2.75, 3.05) is 12.0 Å². The highest BCUT2D eigenvalue weighted by molar-refractivity contribution is 6.30. The summed E-state index contributed by atoms with van der Waals surface area (Å²) in [7, 11) is 1.64. The van der Waals surface area contributed by atoms with Crippen LogP contribution in [-0.4, -0.2) is 18.9 Å². The Kier molecular flexibility index (Phi) is 6.59. The van der Waals surface area contributed by atoms with E-state index in [9.17, 15) is 4.79 Å². The monoisotopic (exact) mass is 470 g/mol. The van der Waals surface area contributed by atoms with Crippen molar-refractivity contribution in [3.8, 4) is 5.75 Å². The van der Waals surface area contributed by atoms with E-state index in [0.29, 0.717) is 11.4 Å². The number of hydrogen-bond acceptors (Lipinski definition) is 3. The average molecular weight is 471 g/mol. The number of nitrogens with zero attached hydrogens (tertiary/aromatic N) is 2. The third-order valence-electron chi connectivity index (χ3n) is 6.07. The second kappa shape index (κ2) is 10.3. The molecule has 0 aliphatic heterocycles. The first-order chi connectivity index (χ1) is 17.6. The molecule has 1 amide bonds. The Hall–Kier alpha value is -4.70. The van der Waals surface area contributed by atoms with Crippen molar-refractivity contribution < 1.29 is 9.53 Å². The first-order valence-corrected chi connectivity index (χ1v) is 11.8. The van der Waals surface area contributed by atoms with Crippen molar-refractivity contribution in [2.45, 2.75) is 6.92 Å². The van der Waals surface area contributed by atoms with Crippen LogP contribution in [0.25, 0.3) is 10.8 Å². The van der Waals surface area contributed by atoms with Gasteiger partial charge in [0, 0.05) is 11.1 Å². The van der Waals surface area contributed by atoms with Crippen LogP contribution in [0.4, 0.5) is 11.4 Å². The van der Waals surface area contributed by atoms with E-state index < -0.39 is 0 Å². The van der Waals surface area contributed by atoms with E-state index >= 15 is 0 Å². The number of hydrogen-bond donors (Lipinski definition) is 0. The zero-order valence-electron chi connectivity index (χ0n) is 20.3. The van der Waals surface area contributed by atoms with Gasteiger partial charge in [0.05, 0.1) is 18.5 Å². The third kappa shape index (κ3) is 4.75. The topological polar surface area (TPSA) is 41.9 Å². The summed E-state index contributed by atoms with van der Waals surface area (Å²) in [4.78, 5) is 20.9. The van der Waals surface area contributed by atoms with Gasteiger partial charge in [-0.3, -0.25) is 9.69 Å². The van der Waals surface area contributed by atoms with Gasteiger partial charge in [-0.05, 0) is 66.2 Å². The number of aryl methyl sites for hydroxylation is 1. The highest BCUT2D eigenvalue weighted by Gasteiger charge is 2.26. The van der Waals surface area contributed by atoms with E-state index in [4.69, 9.17) is 9.73 Å². The molecule has 0 atom stereocenters. The van der Waals surface area contributed by atoms with E-state index in [1.165, 1.54) is 0 Å². The Morgan fingerprint density at radius 1 is 0.722 bits per heavy atom. The summed E-state index contributed by atoms with van der Waals surface area (Å²) in [5.41, 5.74) is 4.03. The fraction of sp³-hybridized carbons (Fsp3) is 0.0625. The van der Waals surface area contributed by atoms with Gasteiger partial charge in [0.1, 0.15) is 11.6 Å². The normalized spacial score (nSPS) is 11.3. The van der Waals surface area contributed by atoms with E-state index in [0.717, 1.165) is 39.0 Å². The zero-order chi connectivity index (χ0) is 24.9. The van der Waals surface area contributed by atoms with Crippen molar-refractivity contribution in [1.29, 1.82) is 0 Å². The molecule has 5 aromatic carbocycles. The molecule has 176 valence electrons. The van der Waals surface area contributed by atoms with Crippen LogP contribution in [0.5, 0.6) is 5.75 Å². The third-order valence-corrected chi connectivity index (χ3v) is 6.07. The van der Waals surface area contributed by atoms with Gasteiger partial charge in [-0.15, -0.1) is 0 Å². The molecule has 0 aliphatic rings. The number of carbonyl (C=O) groups is 1. The van der Waals surface area contributed by atoms with Crippen LogP contribution < -0.4 is 9.64 Å². The number of aliphatic imine (C=N–C) groups is 1. The maximum Gasteiger partial charge on any atom is 0.264 e. The number of methoxy groups -OCH3 is 1. The largest absolute Gasteiger partial charge is 0.497 e. The molecule has 4 nitrogen and oxygen atoms in total. The molecule has 0 fully saturated rings. The predicted octanol–water partition coefficient (Wildman–Crippen LogP) is 7.58. The van der Waals surface area contributed by atoms with Gasteiger partial charge < -0.3 is 4.74 Å². The van der Waals surface area contributed by atoms with Gasteiger partial charge in [-0.25, -0.2) is 4.99 Å².